The number of para-hydroxylation sites is 1. The number of fused-ring (bicyclic) bond motifs is 1. The van der Waals surface area contributed by atoms with Crippen LogP contribution in [-0.2, 0) is 16.0 Å². The molecule has 0 radical (unpaired) electrons. The lowest BCUT2D eigenvalue weighted by molar-refractivity contribution is -0.140. The maximum Gasteiger partial charge on any atom is 0.260 e. The summed E-state index contributed by atoms with van der Waals surface area (Å²) in [5.74, 6) is 0.824. The maximum atomic E-state index is 13.1. The number of aryl methyl sites for hydroxylation is 1. The molecular weight excluding hydrogens is 470 g/mol. The van der Waals surface area contributed by atoms with Gasteiger partial charge in [-0.15, -0.1) is 11.3 Å². The first-order chi connectivity index (χ1) is 17.6. The summed E-state index contributed by atoms with van der Waals surface area (Å²) in [5, 5.41) is 2.19. The van der Waals surface area contributed by atoms with Gasteiger partial charge < -0.3 is 14.5 Å². The van der Waals surface area contributed by atoms with Gasteiger partial charge in [-0.25, -0.2) is 0 Å². The number of amides is 2. The van der Waals surface area contributed by atoms with Gasteiger partial charge in [0.05, 0.1) is 6.04 Å². The summed E-state index contributed by atoms with van der Waals surface area (Å²) in [6.07, 6.45) is 1.53. The molecule has 0 saturated carbocycles. The van der Waals surface area contributed by atoms with Crippen molar-refractivity contribution < 1.29 is 14.3 Å². The average molecular weight is 504 g/mol. The average Bonchev–Trinajstić information content (AvgIpc) is 3.40. The molecule has 2 amide bonds. The fourth-order valence-corrected chi connectivity index (χ4v) is 6.13. The van der Waals surface area contributed by atoms with Gasteiger partial charge >= 0.3 is 0 Å². The molecule has 0 spiro atoms. The summed E-state index contributed by atoms with van der Waals surface area (Å²) in [6.45, 7) is 6.15. The second-order valence-corrected chi connectivity index (χ2v) is 10.5. The predicted molar refractivity (Wildman–Crippen MR) is 142 cm³/mol. The number of hydrogen-bond acceptors (Lipinski definition) is 5. The fourth-order valence-electron chi connectivity index (χ4n) is 5.22. The van der Waals surface area contributed by atoms with Crippen LogP contribution in [0.3, 0.4) is 0 Å². The molecule has 0 N–H and O–H groups in total. The van der Waals surface area contributed by atoms with Crippen LogP contribution >= 0.6 is 11.3 Å². The summed E-state index contributed by atoms with van der Waals surface area (Å²) in [7, 11) is 0. The van der Waals surface area contributed by atoms with Crippen LogP contribution in [0.25, 0.3) is 0 Å². The molecule has 5 rings (SSSR count). The van der Waals surface area contributed by atoms with Crippen LogP contribution in [0.15, 0.2) is 66.0 Å². The van der Waals surface area contributed by atoms with Crippen LogP contribution < -0.4 is 4.74 Å². The third-order valence-corrected chi connectivity index (χ3v) is 8.25. The Labute approximate surface area is 217 Å². The van der Waals surface area contributed by atoms with E-state index < -0.39 is 0 Å². The van der Waals surface area contributed by atoms with E-state index in [0.717, 1.165) is 19.5 Å². The van der Waals surface area contributed by atoms with Gasteiger partial charge in [-0.1, -0.05) is 42.5 Å². The Hall–Kier alpha value is -3.16. The Morgan fingerprint density at radius 1 is 0.861 bits per heavy atom. The van der Waals surface area contributed by atoms with Gasteiger partial charge in [0.25, 0.3) is 5.91 Å². The fraction of sp³-hybridized carbons (Fsp3) is 0.379. The molecule has 0 bridgehead atoms. The van der Waals surface area contributed by atoms with Crippen LogP contribution in [0.4, 0.5) is 0 Å². The first kappa shape index (κ1) is 24.5. The number of carbonyl (C=O) groups is 2. The first-order valence-corrected chi connectivity index (χ1v) is 13.6. The highest BCUT2D eigenvalue weighted by molar-refractivity contribution is 7.10. The third-order valence-electron chi connectivity index (χ3n) is 7.25. The Morgan fingerprint density at radius 3 is 2.31 bits per heavy atom. The van der Waals surface area contributed by atoms with Gasteiger partial charge in [0, 0.05) is 50.6 Å². The van der Waals surface area contributed by atoms with Gasteiger partial charge in [-0.3, -0.25) is 14.5 Å². The zero-order valence-electron chi connectivity index (χ0n) is 20.8. The van der Waals surface area contributed by atoms with Crippen LogP contribution in [0.1, 0.15) is 34.0 Å². The molecule has 1 fully saturated rings. The van der Waals surface area contributed by atoms with Gasteiger partial charge in [0.1, 0.15) is 5.75 Å². The molecule has 188 valence electrons. The van der Waals surface area contributed by atoms with E-state index in [1.165, 1.54) is 21.6 Å². The molecule has 3 aromatic rings. The monoisotopic (exact) mass is 503 g/mol. The second kappa shape index (κ2) is 11.3. The number of carbonyl (C=O) groups excluding carboxylic acids is 2. The van der Waals surface area contributed by atoms with Gasteiger partial charge in [-0.05, 0) is 53.6 Å². The maximum absolute atomic E-state index is 13.1. The summed E-state index contributed by atoms with van der Waals surface area (Å²) >= 11 is 1.84. The number of hydrogen-bond donors (Lipinski definition) is 0. The lowest BCUT2D eigenvalue weighted by Crippen LogP contribution is -2.52. The molecule has 2 aliphatic rings. The Bertz CT molecular complexity index is 1190. The molecule has 6 nitrogen and oxygen atoms in total. The quantitative estimate of drug-likeness (QED) is 0.486. The van der Waals surface area contributed by atoms with Gasteiger partial charge in [0.15, 0.2) is 6.61 Å². The lowest BCUT2D eigenvalue weighted by Gasteiger charge is -2.38. The summed E-state index contributed by atoms with van der Waals surface area (Å²) < 4.78 is 5.60. The van der Waals surface area contributed by atoms with Crippen LogP contribution in [-0.4, -0.2) is 72.4 Å². The molecule has 0 unspecified atom stereocenters. The van der Waals surface area contributed by atoms with E-state index in [4.69, 9.17) is 4.74 Å². The van der Waals surface area contributed by atoms with Crippen LogP contribution in [0.5, 0.6) is 5.75 Å². The minimum absolute atomic E-state index is 0.0256. The zero-order chi connectivity index (χ0) is 24.9. The van der Waals surface area contributed by atoms with E-state index >= 15 is 0 Å². The molecule has 2 aliphatic heterocycles. The predicted octanol–water partition coefficient (Wildman–Crippen LogP) is 4.14. The van der Waals surface area contributed by atoms with E-state index in [1.807, 2.05) is 46.6 Å². The lowest BCUT2D eigenvalue weighted by atomic mass is 9.90. The Morgan fingerprint density at radius 2 is 1.56 bits per heavy atom. The van der Waals surface area contributed by atoms with Crippen molar-refractivity contribution in [2.45, 2.75) is 25.8 Å². The molecule has 3 heterocycles. The third kappa shape index (κ3) is 5.47. The standard InChI is InChI=1S/C29H33N3O3S/c1-22-7-5-6-10-24(22)29-25-13-20-36-26(25)11-14-32(29)15-12-27(33)30-16-18-31(19-17-30)28(34)21-35-23-8-3-2-4-9-23/h2-10,13,20,29H,11-12,14-19,21H2,1H3/t29-/m1/s1. The number of rotatable bonds is 7. The molecule has 1 atom stereocenters. The van der Waals surface area contributed by atoms with Crippen molar-refractivity contribution in [3.63, 3.8) is 0 Å². The number of ether oxygens (including phenoxy) is 1. The van der Waals surface area contributed by atoms with E-state index in [9.17, 15) is 9.59 Å². The van der Waals surface area contributed by atoms with Crippen molar-refractivity contribution in [3.05, 3.63) is 87.6 Å². The van der Waals surface area contributed by atoms with Crippen molar-refractivity contribution in [2.75, 3.05) is 45.9 Å². The SMILES string of the molecule is Cc1ccccc1[C@@H]1c2ccsc2CCN1CCC(=O)N1CCN(C(=O)COc2ccccc2)CC1. The Balaban J connectivity index is 1.14. The topological polar surface area (TPSA) is 53.1 Å². The van der Waals surface area contributed by atoms with Crippen molar-refractivity contribution in [2.24, 2.45) is 0 Å². The minimum atomic E-state index is -0.0353. The van der Waals surface area contributed by atoms with E-state index in [2.05, 4.69) is 47.5 Å². The molecular formula is C29H33N3O3S. The second-order valence-electron chi connectivity index (χ2n) is 9.46. The van der Waals surface area contributed by atoms with Crippen LogP contribution in [0, 0.1) is 6.92 Å². The van der Waals surface area contributed by atoms with Crippen molar-refractivity contribution in [1.82, 2.24) is 14.7 Å². The van der Waals surface area contributed by atoms with Crippen molar-refractivity contribution in [3.8, 4) is 5.75 Å². The van der Waals surface area contributed by atoms with Gasteiger partial charge in [-0.2, -0.15) is 0 Å². The smallest absolute Gasteiger partial charge is 0.260 e. The largest absolute Gasteiger partial charge is 0.484 e. The highest BCUT2D eigenvalue weighted by atomic mass is 32.1. The van der Waals surface area contributed by atoms with Crippen molar-refractivity contribution >= 4 is 23.2 Å². The van der Waals surface area contributed by atoms with Crippen LogP contribution in [0.2, 0.25) is 0 Å². The van der Waals surface area contributed by atoms with E-state index in [1.54, 1.807) is 4.90 Å². The molecule has 1 saturated heterocycles. The minimum Gasteiger partial charge on any atom is -0.484 e. The highest BCUT2D eigenvalue weighted by Crippen LogP contribution is 2.38. The highest BCUT2D eigenvalue weighted by Gasteiger charge is 2.31. The summed E-state index contributed by atoms with van der Waals surface area (Å²) in [4.78, 5) is 33.3. The van der Waals surface area contributed by atoms with E-state index in [0.29, 0.717) is 38.3 Å². The Kier molecular flexibility index (Phi) is 7.68. The number of piperazine rings is 1. The van der Waals surface area contributed by atoms with E-state index in [-0.39, 0.29) is 24.5 Å². The first-order valence-electron chi connectivity index (χ1n) is 12.7. The molecule has 36 heavy (non-hydrogen) atoms. The molecule has 0 aliphatic carbocycles. The normalized spacial score (nSPS) is 18.1. The number of nitrogens with zero attached hydrogens (tertiary/aromatic N) is 3. The summed E-state index contributed by atoms with van der Waals surface area (Å²) in [6, 6.07) is 20.4. The molecule has 7 heteroatoms. The molecule has 1 aromatic heterocycles. The number of benzene rings is 2. The zero-order valence-corrected chi connectivity index (χ0v) is 21.6. The number of thiophene rings is 1. The summed E-state index contributed by atoms with van der Waals surface area (Å²) in [5.41, 5.74) is 4.00. The van der Waals surface area contributed by atoms with Gasteiger partial charge in [0.2, 0.25) is 5.91 Å². The molecule has 2 aromatic carbocycles. The van der Waals surface area contributed by atoms with Crippen molar-refractivity contribution in [1.29, 1.82) is 0 Å².